The van der Waals surface area contributed by atoms with Crippen LogP contribution in [0.3, 0.4) is 0 Å². The van der Waals surface area contributed by atoms with Gasteiger partial charge in [-0.25, -0.2) is 9.07 Å². The van der Waals surface area contributed by atoms with E-state index in [9.17, 15) is 14.0 Å². The maximum Gasteiger partial charge on any atom is 0.280 e. The number of amides is 1. The molecule has 5 aromatic rings. The molecule has 0 aliphatic carbocycles. The normalized spacial score (nSPS) is 11.2. The number of nitrogens with one attached hydrogen (secondary N) is 2. The second kappa shape index (κ2) is 8.35. The van der Waals surface area contributed by atoms with Crippen molar-refractivity contribution in [2.75, 3.05) is 0 Å². The molecule has 5 rings (SSSR count). The van der Waals surface area contributed by atoms with E-state index in [0.29, 0.717) is 32.9 Å². The first-order chi connectivity index (χ1) is 16.0. The quantitative estimate of drug-likeness (QED) is 0.422. The molecular weight excluding hydrogens is 419 g/mol. The van der Waals surface area contributed by atoms with Gasteiger partial charge in [-0.05, 0) is 48.4 Å². The highest BCUT2D eigenvalue weighted by molar-refractivity contribution is 6.06. The molecule has 2 heterocycles. The van der Waals surface area contributed by atoms with Gasteiger partial charge in [-0.2, -0.15) is 0 Å². The van der Waals surface area contributed by atoms with E-state index >= 15 is 0 Å². The Kier molecular flexibility index (Phi) is 5.22. The van der Waals surface area contributed by atoms with Gasteiger partial charge in [0.1, 0.15) is 5.82 Å². The van der Waals surface area contributed by atoms with Crippen LogP contribution in [0.1, 0.15) is 28.4 Å². The summed E-state index contributed by atoms with van der Waals surface area (Å²) in [5.41, 5.74) is 3.76. The molecule has 33 heavy (non-hydrogen) atoms. The van der Waals surface area contributed by atoms with Crippen molar-refractivity contribution in [3.05, 3.63) is 106 Å². The van der Waals surface area contributed by atoms with Gasteiger partial charge in [0.15, 0.2) is 0 Å². The van der Waals surface area contributed by atoms with Gasteiger partial charge >= 0.3 is 0 Å². The van der Waals surface area contributed by atoms with Crippen LogP contribution in [0.2, 0.25) is 0 Å². The SMILES string of the molecule is CCc1ccc(-n2[nH]c3c(cnc4ccc(C(=O)NCc5ccccc5F)cc43)c2=O)cc1. The summed E-state index contributed by atoms with van der Waals surface area (Å²) in [5, 5.41) is 7.02. The van der Waals surface area contributed by atoms with Crippen molar-refractivity contribution in [2.45, 2.75) is 19.9 Å². The number of H-pyrrole nitrogens is 1. The summed E-state index contributed by atoms with van der Waals surface area (Å²) in [6.07, 6.45) is 2.46. The van der Waals surface area contributed by atoms with Gasteiger partial charge in [-0.3, -0.25) is 19.7 Å². The minimum atomic E-state index is -0.367. The number of rotatable bonds is 5. The van der Waals surface area contributed by atoms with Crippen LogP contribution in [0, 0.1) is 5.82 Å². The Bertz CT molecular complexity index is 1550. The molecule has 2 aromatic heterocycles. The number of aromatic nitrogens is 3. The molecule has 7 heteroatoms. The third-order valence-corrected chi connectivity index (χ3v) is 5.79. The van der Waals surface area contributed by atoms with E-state index in [2.05, 4.69) is 22.3 Å². The number of pyridine rings is 1. The lowest BCUT2D eigenvalue weighted by atomic mass is 10.1. The van der Waals surface area contributed by atoms with Crippen molar-refractivity contribution in [2.24, 2.45) is 0 Å². The molecule has 0 aliphatic heterocycles. The van der Waals surface area contributed by atoms with E-state index in [1.807, 2.05) is 24.3 Å². The van der Waals surface area contributed by atoms with E-state index in [1.54, 1.807) is 42.6 Å². The van der Waals surface area contributed by atoms with Crippen molar-refractivity contribution in [1.29, 1.82) is 0 Å². The molecule has 3 aromatic carbocycles. The number of carbonyl (C=O) groups is 1. The Morgan fingerprint density at radius 1 is 1.06 bits per heavy atom. The van der Waals surface area contributed by atoms with Crippen molar-refractivity contribution in [1.82, 2.24) is 20.1 Å². The number of halogens is 1. The molecule has 0 saturated heterocycles. The number of hydrogen-bond donors (Lipinski definition) is 2. The third kappa shape index (κ3) is 3.78. The van der Waals surface area contributed by atoms with Crippen LogP contribution in [0.4, 0.5) is 4.39 Å². The summed E-state index contributed by atoms with van der Waals surface area (Å²) in [6.45, 7) is 2.15. The zero-order valence-corrected chi connectivity index (χ0v) is 17.9. The summed E-state index contributed by atoms with van der Waals surface area (Å²) in [4.78, 5) is 30.1. The number of hydrogen-bond acceptors (Lipinski definition) is 3. The number of fused-ring (bicyclic) bond motifs is 3. The van der Waals surface area contributed by atoms with Crippen molar-refractivity contribution in [3.63, 3.8) is 0 Å². The lowest BCUT2D eigenvalue weighted by Gasteiger charge is -2.07. The van der Waals surface area contributed by atoms with Crippen molar-refractivity contribution in [3.8, 4) is 5.69 Å². The average Bonchev–Trinajstić information content (AvgIpc) is 3.20. The van der Waals surface area contributed by atoms with E-state index in [-0.39, 0.29) is 23.8 Å². The molecule has 0 bridgehead atoms. The minimum Gasteiger partial charge on any atom is -0.348 e. The van der Waals surface area contributed by atoms with Crippen LogP contribution in [-0.2, 0) is 13.0 Å². The molecule has 0 atom stereocenters. The predicted molar refractivity (Wildman–Crippen MR) is 126 cm³/mol. The second-order valence-corrected chi connectivity index (χ2v) is 7.83. The van der Waals surface area contributed by atoms with Gasteiger partial charge in [-0.1, -0.05) is 37.3 Å². The molecule has 0 aliphatic rings. The molecule has 0 unspecified atom stereocenters. The smallest absolute Gasteiger partial charge is 0.280 e. The fraction of sp³-hybridized carbons (Fsp3) is 0.115. The van der Waals surface area contributed by atoms with E-state index < -0.39 is 0 Å². The molecular formula is C26H21FN4O2. The first kappa shape index (κ1) is 20.6. The fourth-order valence-corrected chi connectivity index (χ4v) is 3.88. The zero-order valence-electron chi connectivity index (χ0n) is 17.9. The Morgan fingerprint density at radius 2 is 1.85 bits per heavy atom. The highest BCUT2D eigenvalue weighted by Crippen LogP contribution is 2.22. The first-order valence-electron chi connectivity index (χ1n) is 10.7. The van der Waals surface area contributed by atoms with Gasteiger partial charge < -0.3 is 5.32 Å². The second-order valence-electron chi connectivity index (χ2n) is 7.83. The van der Waals surface area contributed by atoms with Gasteiger partial charge in [0, 0.05) is 29.3 Å². The Hall–Kier alpha value is -4.26. The number of aryl methyl sites for hydroxylation is 1. The summed E-state index contributed by atoms with van der Waals surface area (Å²) >= 11 is 0. The predicted octanol–water partition coefficient (Wildman–Crippen LogP) is 4.50. The fourth-order valence-electron chi connectivity index (χ4n) is 3.88. The van der Waals surface area contributed by atoms with Gasteiger partial charge in [-0.15, -0.1) is 0 Å². The van der Waals surface area contributed by atoms with E-state index in [4.69, 9.17) is 0 Å². The standard InChI is InChI=1S/C26H21FN4O2/c1-2-16-7-10-19(11-8-16)31-26(33)21-15-28-23-12-9-17(13-20(23)24(21)30-31)25(32)29-14-18-5-3-4-6-22(18)27/h3-13,15,30H,2,14H2,1H3,(H,29,32). The summed E-state index contributed by atoms with van der Waals surface area (Å²) < 4.78 is 15.3. The van der Waals surface area contributed by atoms with Crippen molar-refractivity contribution < 1.29 is 9.18 Å². The van der Waals surface area contributed by atoms with Crippen LogP contribution < -0.4 is 10.9 Å². The van der Waals surface area contributed by atoms with Crippen LogP contribution in [0.5, 0.6) is 0 Å². The molecule has 1 amide bonds. The highest BCUT2D eigenvalue weighted by Gasteiger charge is 2.14. The number of aromatic amines is 1. The molecule has 0 saturated carbocycles. The molecule has 0 fully saturated rings. The van der Waals surface area contributed by atoms with Crippen molar-refractivity contribution >= 4 is 27.7 Å². The highest BCUT2D eigenvalue weighted by atomic mass is 19.1. The molecule has 164 valence electrons. The van der Waals surface area contributed by atoms with Crippen LogP contribution in [-0.4, -0.2) is 20.7 Å². The number of carbonyl (C=O) groups excluding carboxylic acids is 1. The van der Waals surface area contributed by atoms with Gasteiger partial charge in [0.05, 0.1) is 22.1 Å². The largest absolute Gasteiger partial charge is 0.348 e. The molecule has 0 spiro atoms. The third-order valence-electron chi connectivity index (χ3n) is 5.79. The molecule has 2 N–H and O–H groups in total. The Morgan fingerprint density at radius 3 is 2.61 bits per heavy atom. The minimum absolute atomic E-state index is 0.0763. The van der Waals surface area contributed by atoms with Crippen LogP contribution >= 0.6 is 0 Å². The summed E-state index contributed by atoms with van der Waals surface area (Å²) in [7, 11) is 0. The molecule has 6 nitrogen and oxygen atoms in total. The maximum absolute atomic E-state index is 13.9. The van der Waals surface area contributed by atoms with E-state index in [0.717, 1.165) is 12.1 Å². The van der Waals surface area contributed by atoms with Crippen LogP contribution in [0.15, 0.2) is 77.7 Å². The number of nitrogens with zero attached hydrogens (tertiary/aromatic N) is 2. The van der Waals surface area contributed by atoms with Gasteiger partial charge in [0.2, 0.25) is 0 Å². The molecule has 0 radical (unpaired) electrons. The Labute approximate surface area is 188 Å². The topological polar surface area (TPSA) is 79.8 Å². The van der Waals surface area contributed by atoms with Gasteiger partial charge in [0.25, 0.3) is 11.5 Å². The van der Waals surface area contributed by atoms with Crippen LogP contribution in [0.25, 0.3) is 27.5 Å². The zero-order chi connectivity index (χ0) is 22.9. The lowest BCUT2D eigenvalue weighted by molar-refractivity contribution is 0.0950. The maximum atomic E-state index is 13.9. The number of benzene rings is 3. The van der Waals surface area contributed by atoms with E-state index in [1.165, 1.54) is 16.3 Å². The summed E-state index contributed by atoms with van der Waals surface area (Å²) in [5.74, 6) is -0.706. The first-order valence-corrected chi connectivity index (χ1v) is 10.7. The average molecular weight is 440 g/mol. The lowest BCUT2D eigenvalue weighted by Crippen LogP contribution is -2.23. The monoisotopic (exact) mass is 440 g/mol. The summed E-state index contributed by atoms with van der Waals surface area (Å²) in [6, 6.07) is 19.2. The Balaban J connectivity index is 1.52.